The van der Waals surface area contributed by atoms with Gasteiger partial charge in [0.1, 0.15) is 10.8 Å². The van der Waals surface area contributed by atoms with Crippen molar-refractivity contribution in [3.8, 4) is 16.3 Å². The minimum absolute atomic E-state index is 0.379. The fourth-order valence-corrected chi connectivity index (χ4v) is 5.20. The number of ether oxygens (including phenoxy) is 1. The Hall–Kier alpha value is -2.52. The second-order valence-electron chi connectivity index (χ2n) is 7.09. The number of rotatable bonds is 9. The lowest BCUT2D eigenvalue weighted by atomic mass is 10.1. The third-order valence-corrected chi connectivity index (χ3v) is 7.03. The summed E-state index contributed by atoms with van der Waals surface area (Å²) in [5.41, 5.74) is 1.80. The highest BCUT2D eigenvalue weighted by molar-refractivity contribution is 7.98. The normalized spacial score (nSPS) is 11.5. The van der Waals surface area contributed by atoms with E-state index in [1.807, 2.05) is 26.0 Å². The van der Waals surface area contributed by atoms with E-state index in [-0.39, 0.29) is 6.61 Å². The maximum absolute atomic E-state index is 12.8. The summed E-state index contributed by atoms with van der Waals surface area (Å²) in [6.45, 7) is 3.56. The van der Waals surface area contributed by atoms with Crippen LogP contribution in [-0.2, 0) is 23.1 Å². The summed E-state index contributed by atoms with van der Waals surface area (Å²) in [5, 5.41) is 9.53. The Kier molecular flexibility index (Phi) is 7.84. The molecule has 0 saturated heterocycles. The number of hydrogen-bond acceptors (Lipinski definition) is 5. The molecule has 0 unspecified atom stereocenters. The molecule has 2 aromatic carbocycles. The highest BCUT2D eigenvalue weighted by Gasteiger charge is 2.30. The zero-order valence-electron chi connectivity index (χ0n) is 17.5. The van der Waals surface area contributed by atoms with Gasteiger partial charge in [-0.1, -0.05) is 25.5 Å². The lowest BCUT2D eigenvalue weighted by Gasteiger charge is -2.11. The minimum Gasteiger partial charge on any atom is -0.482 e. The summed E-state index contributed by atoms with van der Waals surface area (Å²) in [6, 6.07) is 10.7. The Morgan fingerprint density at radius 1 is 1.19 bits per heavy atom. The third-order valence-electron chi connectivity index (χ3n) is 4.62. The van der Waals surface area contributed by atoms with Gasteiger partial charge in [0, 0.05) is 21.1 Å². The van der Waals surface area contributed by atoms with Gasteiger partial charge in [-0.05, 0) is 49.2 Å². The first kappa shape index (κ1) is 24.1. The van der Waals surface area contributed by atoms with Crippen LogP contribution < -0.4 is 4.74 Å². The average Bonchev–Trinajstić information content (AvgIpc) is 3.11. The molecule has 0 amide bonds. The lowest BCUT2D eigenvalue weighted by Crippen LogP contribution is -2.10. The molecule has 0 fully saturated rings. The molecule has 1 heterocycles. The summed E-state index contributed by atoms with van der Waals surface area (Å²) >= 11 is 3.10. The van der Waals surface area contributed by atoms with E-state index in [0.29, 0.717) is 22.1 Å². The number of aliphatic carboxylic acids is 1. The number of halogens is 3. The van der Waals surface area contributed by atoms with Crippen LogP contribution in [-0.4, -0.2) is 22.7 Å². The van der Waals surface area contributed by atoms with Crippen molar-refractivity contribution in [1.82, 2.24) is 4.98 Å². The van der Waals surface area contributed by atoms with Crippen LogP contribution in [0.5, 0.6) is 5.75 Å². The Labute approximate surface area is 192 Å². The molecule has 1 aromatic heterocycles. The van der Waals surface area contributed by atoms with E-state index in [4.69, 9.17) is 9.84 Å². The Bertz CT molecular complexity index is 1080. The van der Waals surface area contributed by atoms with Crippen LogP contribution in [0, 0.1) is 6.92 Å². The quantitative estimate of drug-likeness (QED) is 0.339. The summed E-state index contributed by atoms with van der Waals surface area (Å²) in [7, 11) is 0. The van der Waals surface area contributed by atoms with Gasteiger partial charge in [0.25, 0.3) is 0 Å². The van der Waals surface area contributed by atoms with Gasteiger partial charge in [-0.25, -0.2) is 9.78 Å². The van der Waals surface area contributed by atoms with Gasteiger partial charge in [0.2, 0.25) is 0 Å². The molecular weight excluding hydrogens is 459 g/mol. The number of aromatic nitrogens is 1. The number of carbonyl (C=O) groups is 1. The maximum Gasteiger partial charge on any atom is 0.416 e. The van der Waals surface area contributed by atoms with Gasteiger partial charge < -0.3 is 9.84 Å². The second kappa shape index (κ2) is 10.4. The molecule has 4 nitrogen and oxygen atoms in total. The van der Waals surface area contributed by atoms with Crippen LogP contribution in [0.3, 0.4) is 0 Å². The van der Waals surface area contributed by atoms with E-state index in [0.717, 1.165) is 46.0 Å². The molecular formula is C23H22F3NO3S2. The molecule has 170 valence electrons. The van der Waals surface area contributed by atoms with E-state index in [9.17, 15) is 18.0 Å². The van der Waals surface area contributed by atoms with Gasteiger partial charge in [-0.3, -0.25) is 0 Å². The van der Waals surface area contributed by atoms with Crippen molar-refractivity contribution in [2.75, 3.05) is 6.61 Å². The van der Waals surface area contributed by atoms with Crippen LogP contribution in [0.25, 0.3) is 10.6 Å². The zero-order chi connectivity index (χ0) is 23.3. The standard InChI is InChI=1S/C23H22F3NO3S2/c1-3-4-16-11-18(9-10-19(16)30-12-21(28)29)31-13-20-14(2)27-22(32-20)15-5-7-17(8-6-15)23(24,25)26/h5-11H,3-4,12-13H2,1-2H3,(H,28,29). The monoisotopic (exact) mass is 481 g/mol. The molecule has 3 aromatic rings. The van der Waals surface area contributed by atoms with Crippen molar-refractivity contribution in [1.29, 1.82) is 0 Å². The lowest BCUT2D eigenvalue weighted by molar-refractivity contribution is -0.139. The average molecular weight is 482 g/mol. The minimum atomic E-state index is -4.36. The Balaban J connectivity index is 1.71. The van der Waals surface area contributed by atoms with Crippen molar-refractivity contribution in [2.24, 2.45) is 0 Å². The van der Waals surface area contributed by atoms with Crippen molar-refractivity contribution in [3.05, 3.63) is 64.2 Å². The summed E-state index contributed by atoms with van der Waals surface area (Å²) < 4.78 is 43.7. The third kappa shape index (κ3) is 6.26. The number of thiazole rings is 1. The number of carboxylic acid groups (broad SMARTS) is 1. The smallest absolute Gasteiger partial charge is 0.416 e. The van der Waals surface area contributed by atoms with Gasteiger partial charge in [0.05, 0.1) is 11.3 Å². The highest BCUT2D eigenvalue weighted by atomic mass is 32.2. The number of nitrogens with zero attached hydrogens (tertiary/aromatic N) is 1. The van der Waals surface area contributed by atoms with E-state index < -0.39 is 17.7 Å². The van der Waals surface area contributed by atoms with E-state index in [2.05, 4.69) is 4.98 Å². The van der Waals surface area contributed by atoms with E-state index in [1.54, 1.807) is 17.8 Å². The van der Waals surface area contributed by atoms with Crippen LogP contribution >= 0.6 is 23.1 Å². The molecule has 0 aliphatic carbocycles. The fraction of sp³-hybridized carbons (Fsp3) is 0.304. The van der Waals surface area contributed by atoms with Crippen LogP contribution in [0.2, 0.25) is 0 Å². The van der Waals surface area contributed by atoms with Gasteiger partial charge in [-0.15, -0.1) is 23.1 Å². The molecule has 9 heteroatoms. The number of carboxylic acids is 1. The zero-order valence-corrected chi connectivity index (χ0v) is 19.2. The number of benzene rings is 2. The predicted molar refractivity (Wildman–Crippen MR) is 120 cm³/mol. The summed E-state index contributed by atoms with van der Waals surface area (Å²) in [5.74, 6) is 0.234. The Morgan fingerprint density at radius 3 is 2.53 bits per heavy atom. The molecule has 0 saturated carbocycles. The number of aryl methyl sites for hydroxylation is 2. The topological polar surface area (TPSA) is 59.4 Å². The van der Waals surface area contributed by atoms with Gasteiger partial charge in [-0.2, -0.15) is 13.2 Å². The number of thioether (sulfide) groups is 1. The molecule has 0 aliphatic rings. The molecule has 0 aliphatic heterocycles. The van der Waals surface area contributed by atoms with Crippen LogP contribution in [0.15, 0.2) is 47.4 Å². The first-order valence-electron chi connectivity index (χ1n) is 9.91. The van der Waals surface area contributed by atoms with Crippen LogP contribution in [0.1, 0.15) is 35.0 Å². The van der Waals surface area contributed by atoms with Crippen molar-refractivity contribution in [3.63, 3.8) is 0 Å². The van der Waals surface area contributed by atoms with E-state index in [1.165, 1.54) is 23.5 Å². The SMILES string of the molecule is CCCc1cc(SCc2sc(-c3ccc(C(F)(F)F)cc3)nc2C)ccc1OCC(=O)O. The van der Waals surface area contributed by atoms with Crippen molar-refractivity contribution in [2.45, 2.75) is 43.5 Å². The highest BCUT2D eigenvalue weighted by Crippen LogP contribution is 2.36. The summed E-state index contributed by atoms with van der Waals surface area (Å²) in [4.78, 5) is 17.4. The van der Waals surface area contributed by atoms with E-state index >= 15 is 0 Å². The summed E-state index contributed by atoms with van der Waals surface area (Å²) in [6.07, 6.45) is -2.67. The van der Waals surface area contributed by atoms with Crippen molar-refractivity contribution < 1.29 is 27.8 Å². The second-order valence-corrected chi connectivity index (χ2v) is 9.23. The first-order chi connectivity index (χ1) is 15.2. The van der Waals surface area contributed by atoms with Gasteiger partial charge >= 0.3 is 12.1 Å². The largest absolute Gasteiger partial charge is 0.482 e. The maximum atomic E-state index is 12.8. The molecule has 0 bridgehead atoms. The van der Waals surface area contributed by atoms with Gasteiger partial charge in [0.15, 0.2) is 6.61 Å². The molecule has 1 N–H and O–H groups in total. The molecule has 0 radical (unpaired) electrons. The fourth-order valence-electron chi connectivity index (χ4n) is 3.03. The molecule has 32 heavy (non-hydrogen) atoms. The predicted octanol–water partition coefficient (Wildman–Crippen LogP) is 6.85. The van der Waals surface area contributed by atoms with Crippen LogP contribution in [0.4, 0.5) is 13.2 Å². The van der Waals surface area contributed by atoms with Crippen molar-refractivity contribution >= 4 is 29.1 Å². The first-order valence-corrected chi connectivity index (χ1v) is 11.7. The molecule has 0 atom stereocenters. The number of alkyl halides is 3. The molecule has 0 spiro atoms. The Morgan fingerprint density at radius 2 is 1.91 bits per heavy atom. The molecule has 3 rings (SSSR count). The number of hydrogen-bond donors (Lipinski definition) is 1.